The van der Waals surface area contributed by atoms with E-state index in [1.807, 2.05) is 0 Å². The lowest BCUT2D eigenvalue weighted by molar-refractivity contribution is -0.136. The van der Waals surface area contributed by atoms with Crippen LogP contribution in [0.5, 0.6) is 5.75 Å². The molecule has 0 radical (unpaired) electrons. The summed E-state index contributed by atoms with van der Waals surface area (Å²) in [7, 11) is -4.14. The predicted octanol–water partition coefficient (Wildman–Crippen LogP) is 4.44. The lowest BCUT2D eigenvalue weighted by Crippen LogP contribution is -2.48. The molecule has 4 aromatic rings. The first-order valence-corrected chi connectivity index (χ1v) is 14.4. The van der Waals surface area contributed by atoms with Crippen LogP contribution in [-0.4, -0.2) is 44.6 Å². The molecule has 1 atom stereocenters. The van der Waals surface area contributed by atoms with Gasteiger partial charge in [0.15, 0.2) is 0 Å². The molecule has 0 fully saturated rings. The maximum atomic E-state index is 14.2. The Balaban J connectivity index is 1.29. The summed E-state index contributed by atoms with van der Waals surface area (Å²) in [6, 6.07) is 24.8. The van der Waals surface area contributed by atoms with Crippen LogP contribution in [-0.2, 0) is 32.5 Å². The summed E-state index contributed by atoms with van der Waals surface area (Å²) < 4.78 is 48.7. The van der Waals surface area contributed by atoms with Crippen molar-refractivity contribution in [3.63, 3.8) is 0 Å². The number of carbonyl (C=O) groups excluding carboxylic acids is 1. The maximum absolute atomic E-state index is 14.2. The van der Waals surface area contributed by atoms with Gasteiger partial charge in [0.2, 0.25) is 5.91 Å². The highest BCUT2D eigenvalue weighted by molar-refractivity contribution is 7.93. The number of hydrogen-bond donors (Lipinski definition) is 2. The average molecular weight is 575 g/mol. The Bertz CT molecular complexity index is 1670. The first-order chi connectivity index (χ1) is 19.7. The summed E-state index contributed by atoms with van der Waals surface area (Å²) in [5.74, 6) is -1.28. The average Bonchev–Trinajstić information content (AvgIpc) is 3.37. The summed E-state index contributed by atoms with van der Waals surface area (Å²) in [6.07, 6.45) is 0.121. The number of rotatable bonds is 10. The van der Waals surface area contributed by atoms with Crippen LogP contribution in [0.1, 0.15) is 11.1 Å². The summed E-state index contributed by atoms with van der Waals surface area (Å²) in [4.78, 5) is 24.1. The molecule has 5 rings (SSSR count). The number of ether oxygens (including phenoxy) is 1. The first kappa shape index (κ1) is 27.9. The van der Waals surface area contributed by atoms with E-state index < -0.39 is 33.8 Å². The van der Waals surface area contributed by atoms with Gasteiger partial charge < -0.3 is 15.2 Å². The molecule has 0 saturated heterocycles. The smallest absolute Gasteiger partial charge is 0.307 e. The van der Waals surface area contributed by atoms with Gasteiger partial charge in [-0.3, -0.25) is 13.9 Å². The number of amides is 1. The van der Waals surface area contributed by atoms with E-state index >= 15 is 0 Å². The number of benzene rings is 4. The third-order valence-electron chi connectivity index (χ3n) is 6.77. The number of sulfonamides is 1. The largest absolute Gasteiger partial charge is 0.492 e. The number of carboxylic acid groups (broad SMARTS) is 1. The molecular weight excluding hydrogens is 547 g/mol. The first-order valence-electron chi connectivity index (χ1n) is 12.9. The van der Waals surface area contributed by atoms with Crippen molar-refractivity contribution in [1.82, 2.24) is 5.32 Å². The van der Waals surface area contributed by atoms with Gasteiger partial charge >= 0.3 is 5.97 Å². The number of halogens is 1. The SMILES string of the molecule is O=C(O)Cc1ccc(OCCNC(=O)[C@@H]2Cc3ccccc3N2S(=O)(=O)c2ccc(-c3ccccc3F)cc2)cc1. The van der Waals surface area contributed by atoms with Crippen LogP contribution >= 0.6 is 0 Å². The van der Waals surface area contributed by atoms with Crippen LogP contribution in [0.25, 0.3) is 11.1 Å². The number of carbonyl (C=O) groups is 2. The molecule has 1 amide bonds. The lowest BCUT2D eigenvalue weighted by atomic mass is 10.1. The molecule has 8 nitrogen and oxygen atoms in total. The Labute approximate surface area is 237 Å². The lowest BCUT2D eigenvalue weighted by Gasteiger charge is -2.26. The van der Waals surface area contributed by atoms with Crippen molar-refractivity contribution in [3.05, 3.63) is 114 Å². The predicted molar refractivity (Wildman–Crippen MR) is 152 cm³/mol. The molecule has 1 heterocycles. The number of hydrogen-bond acceptors (Lipinski definition) is 5. The molecule has 0 bridgehead atoms. The van der Waals surface area contributed by atoms with Gasteiger partial charge in [0, 0.05) is 12.0 Å². The third-order valence-corrected chi connectivity index (χ3v) is 8.61. The van der Waals surface area contributed by atoms with E-state index in [2.05, 4.69) is 5.32 Å². The van der Waals surface area contributed by atoms with Crippen molar-refractivity contribution >= 4 is 27.6 Å². The fourth-order valence-electron chi connectivity index (χ4n) is 4.81. The molecule has 0 saturated carbocycles. The van der Waals surface area contributed by atoms with E-state index in [0.29, 0.717) is 28.1 Å². The van der Waals surface area contributed by atoms with Crippen LogP contribution in [0.2, 0.25) is 0 Å². The fourth-order valence-corrected chi connectivity index (χ4v) is 6.46. The van der Waals surface area contributed by atoms with Crippen molar-refractivity contribution in [2.24, 2.45) is 0 Å². The topological polar surface area (TPSA) is 113 Å². The number of nitrogens with one attached hydrogen (secondary N) is 1. The molecule has 41 heavy (non-hydrogen) atoms. The van der Waals surface area contributed by atoms with Crippen molar-refractivity contribution in [3.8, 4) is 16.9 Å². The minimum Gasteiger partial charge on any atom is -0.492 e. The van der Waals surface area contributed by atoms with E-state index in [0.717, 1.165) is 9.87 Å². The minimum atomic E-state index is -4.14. The Morgan fingerprint density at radius 2 is 1.61 bits per heavy atom. The van der Waals surface area contributed by atoms with Crippen LogP contribution in [0.4, 0.5) is 10.1 Å². The molecule has 10 heteroatoms. The summed E-state index contributed by atoms with van der Waals surface area (Å²) in [5, 5.41) is 11.6. The molecule has 0 unspecified atom stereocenters. The monoisotopic (exact) mass is 574 g/mol. The van der Waals surface area contributed by atoms with Crippen molar-refractivity contribution in [2.45, 2.75) is 23.8 Å². The molecule has 1 aliphatic rings. The zero-order valence-electron chi connectivity index (χ0n) is 21.9. The molecule has 210 valence electrons. The second-order valence-corrected chi connectivity index (χ2v) is 11.3. The number of nitrogens with zero attached hydrogens (tertiary/aromatic N) is 1. The number of aliphatic carboxylic acids is 1. The van der Waals surface area contributed by atoms with E-state index in [-0.39, 0.29) is 30.9 Å². The fraction of sp³-hybridized carbons (Fsp3) is 0.161. The van der Waals surface area contributed by atoms with Crippen LogP contribution < -0.4 is 14.4 Å². The van der Waals surface area contributed by atoms with Gasteiger partial charge in [-0.15, -0.1) is 0 Å². The molecular formula is C31H27FN2O6S. The van der Waals surface area contributed by atoms with E-state index in [4.69, 9.17) is 9.84 Å². The minimum absolute atomic E-state index is 0.0122. The highest BCUT2D eigenvalue weighted by atomic mass is 32.2. The van der Waals surface area contributed by atoms with Crippen molar-refractivity contribution in [1.29, 1.82) is 0 Å². The van der Waals surface area contributed by atoms with E-state index in [9.17, 15) is 22.4 Å². The zero-order chi connectivity index (χ0) is 29.0. The summed E-state index contributed by atoms with van der Waals surface area (Å²) in [6.45, 7) is 0.266. The Hall–Kier alpha value is -4.70. The van der Waals surface area contributed by atoms with Crippen molar-refractivity contribution < 1.29 is 32.2 Å². The van der Waals surface area contributed by atoms with E-state index in [1.165, 1.54) is 18.2 Å². The standard InChI is InChI=1S/C31H27FN2O6S/c32-27-7-3-2-6-26(27)22-11-15-25(16-12-22)41(38,39)34-28-8-4-1-5-23(28)20-29(34)31(37)33-17-18-40-24-13-9-21(10-14-24)19-30(35)36/h1-16,29H,17-20H2,(H,33,37)(H,35,36)/t29-/m0/s1. The Kier molecular flexibility index (Phi) is 8.02. The molecule has 0 spiro atoms. The maximum Gasteiger partial charge on any atom is 0.307 e. The molecule has 0 aliphatic carbocycles. The van der Waals surface area contributed by atoms with Gasteiger partial charge in [-0.2, -0.15) is 0 Å². The van der Waals surface area contributed by atoms with Gasteiger partial charge in [-0.05, 0) is 53.1 Å². The van der Waals surface area contributed by atoms with Crippen molar-refractivity contribution in [2.75, 3.05) is 17.5 Å². The number of carboxylic acids is 1. The van der Waals surface area contributed by atoms with Crippen LogP contribution in [0, 0.1) is 5.82 Å². The quantitative estimate of drug-likeness (QED) is 0.271. The second-order valence-electron chi connectivity index (χ2n) is 9.51. The summed E-state index contributed by atoms with van der Waals surface area (Å²) in [5.41, 5.74) is 2.70. The molecule has 2 N–H and O–H groups in total. The molecule has 4 aromatic carbocycles. The number of anilines is 1. The summed E-state index contributed by atoms with van der Waals surface area (Å²) >= 11 is 0. The van der Waals surface area contributed by atoms with Gasteiger partial charge in [0.05, 0.1) is 23.5 Å². The number of para-hydroxylation sites is 1. The van der Waals surface area contributed by atoms with Gasteiger partial charge in [0.1, 0.15) is 24.2 Å². The molecule has 1 aliphatic heterocycles. The molecule has 0 aromatic heterocycles. The Morgan fingerprint density at radius 3 is 2.32 bits per heavy atom. The zero-order valence-corrected chi connectivity index (χ0v) is 22.7. The normalized spacial score (nSPS) is 14.4. The highest BCUT2D eigenvalue weighted by Crippen LogP contribution is 2.37. The third kappa shape index (κ3) is 6.07. The Morgan fingerprint density at radius 1 is 0.927 bits per heavy atom. The van der Waals surface area contributed by atoms with Crippen LogP contribution in [0.15, 0.2) is 102 Å². The second kappa shape index (κ2) is 11.8. The van der Waals surface area contributed by atoms with Crippen LogP contribution in [0.3, 0.4) is 0 Å². The number of fused-ring (bicyclic) bond motifs is 1. The highest BCUT2D eigenvalue weighted by Gasteiger charge is 2.42. The van der Waals surface area contributed by atoms with E-state index in [1.54, 1.807) is 78.9 Å². The van der Waals surface area contributed by atoms with Gasteiger partial charge in [-0.25, -0.2) is 12.8 Å². The van der Waals surface area contributed by atoms with Gasteiger partial charge in [-0.1, -0.05) is 60.7 Å². The van der Waals surface area contributed by atoms with Gasteiger partial charge in [0.25, 0.3) is 10.0 Å².